The zero-order chi connectivity index (χ0) is 17.0. The van der Waals surface area contributed by atoms with E-state index < -0.39 is 28.9 Å². The zero-order valence-corrected chi connectivity index (χ0v) is 13.1. The Morgan fingerprint density at radius 3 is 2.52 bits per heavy atom. The highest BCUT2D eigenvalue weighted by Gasteiger charge is 2.47. The Bertz CT molecular complexity index is 600. The Labute approximate surface area is 133 Å². The average Bonchev–Trinajstić information content (AvgIpc) is 2.44. The lowest BCUT2D eigenvalue weighted by Crippen LogP contribution is -2.51. The van der Waals surface area contributed by atoms with Crippen LogP contribution in [0.15, 0.2) is 18.2 Å². The van der Waals surface area contributed by atoms with Crippen LogP contribution in [0.3, 0.4) is 0 Å². The van der Waals surface area contributed by atoms with Gasteiger partial charge in [-0.1, -0.05) is 25.8 Å². The summed E-state index contributed by atoms with van der Waals surface area (Å²) in [5.41, 5.74) is -0.822. The van der Waals surface area contributed by atoms with Crippen LogP contribution in [0, 0.1) is 17.6 Å². The molecule has 126 valence electrons. The molecule has 0 aliphatic heterocycles. The van der Waals surface area contributed by atoms with Crippen molar-refractivity contribution >= 4 is 11.9 Å². The molecule has 1 aliphatic carbocycles. The molecule has 2 rings (SSSR count). The van der Waals surface area contributed by atoms with Gasteiger partial charge in [0, 0.05) is 18.2 Å². The third-order valence-electron chi connectivity index (χ3n) is 4.58. The largest absolute Gasteiger partial charge is 0.481 e. The van der Waals surface area contributed by atoms with E-state index in [4.69, 9.17) is 5.11 Å². The minimum absolute atomic E-state index is 0.0204. The molecule has 1 aromatic carbocycles. The Kier molecular flexibility index (Phi) is 5.34. The smallest absolute Gasteiger partial charge is 0.308 e. The Morgan fingerprint density at radius 1 is 1.35 bits per heavy atom. The molecule has 1 fully saturated rings. The van der Waals surface area contributed by atoms with Crippen LogP contribution in [0.1, 0.15) is 44.6 Å². The molecule has 23 heavy (non-hydrogen) atoms. The number of hydrogen-bond acceptors (Lipinski definition) is 2. The highest BCUT2D eigenvalue weighted by Crippen LogP contribution is 2.45. The molecule has 1 aromatic rings. The van der Waals surface area contributed by atoms with Crippen molar-refractivity contribution in [2.45, 2.75) is 44.4 Å². The fourth-order valence-corrected chi connectivity index (χ4v) is 3.07. The molecule has 0 spiro atoms. The predicted octanol–water partition coefficient (Wildman–Crippen LogP) is 3.00. The van der Waals surface area contributed by atoms with Gasteiger partial charge in [0.15, 0.2) is 0 Å². The first kappa shape index (κ1) is 17.4. The van der Waals surface area contributed by atoms with E-state index >= 15 is 0 Å². The van der Waals surface area contributed by atoms with Crippen molar-refractivity contribution in [2.75, 3.05) is 6.54 Å². The summed E-state index contributed by atoms with van der Waals surface area (Å²) in [5, 5.41) is 11.8. The number of aliphatic carboxylic acids is 1. The number of carboxylic acids is 1. The molecule has 0 bridgehead atoms. The zero-order valence-electron chi connectivity index (χ0n) is 13.1. The highest BCUT2D eigenvalue weighted by molar-refractivity contribution is 5.89. The maximum absolute atomic E-state index is 14.1. The predicted molar refractivity (Wildman–Crippen MR) is 80.9 cm³/mol. The van der Waals surface area contributed by atoms with Crippen molar-refractivity contribution in [3.63, 3.8) is 0 Å². The maximum atomic E-state index is 14.1. The number of rotatable bonds is 7. The lowest BCUT2D eigenvalue weighted by molar-refractivity contribution is -0.142. The summed E-state index contributed by atoms with van der Waals surface area (Å²) in [6, 6.07) is 3.23. The second-order valence-electron chi connectivity index (χ2n) is 6.09. The molecule has 1 aliphatic rings. The molecular formula is C17H21F2NO3. The number of amides is 1. The number of carbonyl (C=O) groups is 2. The van der Waals surface area contributed by atoms with Crippen LogP contribution in [0.25, 0.3) is 0 Å². The summed E-state index contributed by atoms with van der Waals surface area (Å²) >= 11 is 0. The second kappa shape index (κ2) is 7.06. The number of halogens is 2. The summed E-state index contributed by atoms with van der Waals surface area (Å²) in [6.07, 6.45) is 2.90. The molecule has 0 heterocycles. The number of benzene rings is 1. The third kappa shape index (κ3) is 3.51. The molecule has 0 aromatic heterocycles. The van der Waals surface area contributed by atoms with E-state index in [9.17, 15) is 18.4 Å². The minimum atomic E-state index is -1.01. The first-order chi connectivity index (χ1) is 10.9. The Morgan fingerprint density at radius 2 is 2.04 bits per heavy atom. The highest BCUT2D eigenvalue weighted by atomic mass is 19.1. The molecule has 1 amide bonds. The van der Waals surface area contributed by atoms with Gasteiger partial charge in [-0.3, -0.25) is 9.59 Å². The van der Waals surface area contributed by atoms with Gasteiger partial charge < -0.3 is 10.4 Å². The molecular weight excluding hydrogens is 304 g/mol. The molecule has 0 radical (unpaired) electrons. The lowest BCUT2D eigenvalue weighted by Gasteiger charge is -2.41. The number of hydrogen-bond donors (Lipinski definition) is 2. The van der Waals surface area contributed by atoms with Gasteiger partial charge in [0.1, 0.15) is 11.6 Å². The first-order valence-electron chi connectivity index (χ1n) is 7.87. The SMILES string of the molecule is CCCC(CNC(=O)C1(c2ccc(F)cc2F)CCC1)C(=O)O. The van der Waals surface area contributed by atoms with Crippen molar-refractivity contribution < 1.29 is 23.5 Å². The monoisotopic (exact) mass is 325 g/mol. The topological polar surface area (TPSA) is 66.4 Å². The third-order valence-corrected chi connectivity index (χ3v) is 4.58. The molecule has 0 saturated heterocycles. The fourth-order valence-electron chi connectivity index (χ4n) is 3.07. The lowest BCUT2D eigenvalue weighted by atomic mass is 9.63. The number of nitrogens with one attached hydrogen (secondary N) is 1. The van der Waals surface area contributed by atoms with E-state index in [1.54, 1.807) is 0 Å². The Hall–Kier alpha value is -1.98. The molecule has 1 atom stereocenters. The van der Waals surface area contributed by atoms with Crippen LogP contribution in [0.5, 0.6) is 0 Å². The second-order valence-corrected chi connectivity index (χ2v) is 6.09. The first-order valence-corrected chi connectivity index (χ1v) is 7.87. The van der Waals surface area contributed by atoms with E-state index in [2.05, 4.69) is 5.32 Å². The van der Waals surface area contributed by atoms with Crippen LogP contribution in [-0.2, 0) is 15.0 Å². The summed E-state index contributed by atoms with van der Waals surface area (Å²) < 4.78 is 27.1. The molecule has 2 N–H and O–H groups in total. The number of carbonyl (C=O) groups excluding carboxylic acids is 1. The van der Waals surface area contributed by atoms with E-state index in [1.807, 2.05) is 6.92 Å². The van der Waals surface area contributed by atoms with Gasteiger partial charge in [-0.15, -0.1) is 0 Å². The fraction of sp³-hybridized carbons (Fsp3) is 0.529. The molecule has 1 saturated carbocycles. The van der Waals surface area contributed by atoms with Crippen LogP contribution < -0.4 is 5.32 Å². The van der Waals surface area contributed by atoms with Crippen molar-refractivity contribution in [2.24, 2.45) is 5.92 Å². The van der Waals surface area contributed by atoms with Gasteiger partial charge in [0.25, 0.3) is 0 Å². The summed E-state index contributed by atoms with van der Waals surface area (Å²) in [7, 11) is 0. The van der Waals surface area contributed by atoms with E-state index in [0.29, 0.717) is 25.7 Å². The van der Waals surface area contributed by atoms with E-state index in [-0.39, 0.29) is 18.0 Å². The van der Waals surface area contributed by atoms with Crippen molar-refractivity contribution in [1.82, 2.24) is 5.32 Å². The van der Waals surface area contributed by atoms with Gasteiger partial charge in [-0.25, -0.2) is 8.78 Å². The molecule has 6 heteroatoms. The summed E-state index contributed by atoms with van der Waals surface area (Å²) in [4.78, 5) is 23.7. The number of carboxylic acid groups (broad SMARTS) is 1. The van der Waals surface area contributed by atoms with Gasteiger partial charge >= 0.3 is 5.97 Å². The van der Waals surface area contributed by atoms with Gasteiger partial charge in [0.2, 0.25) is 5.91 Å². The van der Waals surface area contributed by atoms with E-state index in [0.717, 1.165) is 18.6 Å². The minimum Gasteiger partial charge on any atom is -0.481 e. The van der Waals surface area contributed by atoms with Gasteiger partial charge in [0.05, 0.1) is 11.3 Å². The van der Waals surface area contributed by atoms with Crippen LogP contribution in [-0.4, -0.2) is 23.5 Å². The maximum Gasteiger partial charge on any atom is 0.308 e. The normalized spacial score (nSPS) is 17.2. The van der Waals surface area contributed by atoms with E-state index in [1.165, 1.54) is 6.07 Å². The summed E-state index contributed by atoms with van der Waals surface area (Å²) in [5.74, 6) is -3.41. The van der Waals surface area contributed by atoms with Crippen LogP contribution in [0.4, 0.5) is 8.78 Å². The van der Waals surface area contributed by atoms with Crippen LogP contribution in [0.2, 0.25) is 0 Å². The van der Waals surface area contributed by atoms with Crippen molar-refractivity contribution in [1.29, 1.82) is 0 Å². The molecule has 1 unspecified atom stereocenters. The van der Waals surface area contributed by atoms with Crippen LogP contribution >= 0.6 is 0 Å². The van der Waals surface area contributed by atoms with Crippen molar-refractivity contribution in [3.8, 4) is 0 Å². The average molecular weight is 325 g/mol. The van der Waals surface area contributed by atoms with Gasteiger partial charge in [-0.05, 0) is 25.3 Å². The Balaban J connectivity index is 2.13. The van der Waals surface area contributed by atoms with Crippen molar-refractivity contribution in [3.05, 3.63) is 35.4 Å². The quantitative estimate of drug-likeness (QED) is 0.810. The standard InChI is InChI=1S/C17H21F2NO3/c1-2-4-11(15(21)22)10-20-16(23)17(7-3-8-17)13-6-5-12(18)9-14(13)19/h5-6,9,11H,2-4,7-8,10H2,1H3,(H,20,23)(H,21,22). The summed E-state index contributed by atoms with van der Waals surface area (Å²) in [6.45, 7) is 1.89. The molecule has 4 nitrogen and oxygen atoms in total. The van der Waals surface area contributed by atoms with Gasteiger partial charge in [-0.2, -0.15) is 0 Å².